The van der Waals surface area contributed by atoms with Crippen LogP contribution in [-0.2, 0) is 11.3 Å². The highest BCUT2D eigenvalue weighted by Gasteiger charge is 2.18. The van der Waals surface area contributed by atoms with Crippen molar-refractivity contribution in [3.8, 4) is 11.1 Å². The van der Waals surface area contributed by atoms with Crippen LogP contribution in [-0.4, -0.2) is 15.5 Å². The first-order valence-electron chi connectivity index (χ1n) is 11.2. The lowest BCUT2D eigenvalue weighted by Crippen LogP contribution is -2.28. The minimum atomic E-state index is -0.236. The van der Waals surface area contributed by atoms with Crippen molar-refractivity contribution >= 4 is 33.1 Å². The van der Waals surface area contributed by atoms with E-state index in [1.807, 2.05) is 54.8 Å². The summed E-state index contributed by atoms with van der Waals surface area (Å²) in [5, 5.41) is 5.61. The predicted molar refractivity (Wildman–Crippen MR) is 137 cm³/mol. The number of benzene rings is 2. The van der Waals surface area contributed by atoms with Gasteiger partial charge in [0, 0.05) is 16.6 Å². The van der Waals surface area contributed by atoms with E-state index < -0.39 is 0 Å². The van der Waals surface area contributed by atoms with Gasteiger partial charge in [-0.05, 0) is 35.4 Å². The molecule has 0 aliphatic rings. The number of thiophene rings is 1. The maximum atomic E-state index is 13.3. The molecule has 1 amide bonds. The first-order valence-corrected chi connectivity index (χ1v) is 12.1. The van der Waals surface area contributed by atoms with Crippen molar-refractivity contribution < 1.29 is 4.79 Å². The second-order valence-corrected chi connectivity index (χ2v) is 9.90. The molecule has 2 aromatic heterocycles. The monoisotopic (exact) mass is 459 g/mol. The molecule has 0 saturated heterocycles. The van der Waals surface area contributed by atoms with Crippen molar-refractivity contribution in [1.29, 1.82) is 0 Å². The van der Waals surface area contributed by atoms with Crippen LogP contribution in [0.1, 0.15) is 56.2 Å². The number of nitrogens with one attached hydrogen (secondary N) is 1. The number of amides is 1. The Morgan fingerprint density at radius 2 is 1.67 bits per heavy atom. The molecule has 2 heterocycles. The van der Waals surface area contributed by atoms with E-state index in [-0.39, 0.29) is 29.8 Å². The Morgan fingerprint density at radius 1 is 1.03 bits per heavy atom. The third-order valence-electron chi connectivity index (χ3n) is 5.87. The number of carbonyl (C=O) groups excluding carboxylic acids is 1. The molecule has 4 rings (SSSR count). The summed E-state index contributed by atoms with van der Waals surface area (Å²) in [5.41, 5.74) is 5.83. The zero-order chi connectivity index (χ0) is 23.7. The predicted octanol–water partition coefficient (Wildman–Crippen LogP) is 6.32. The summed E-state index contributed by atoms with van der Waals surface area (Å²) in [6.07, 6.45) is 1.47. The van der Waals surface area contributed by atoms with E-state index >= 15 is 0 Å². The third-order valence-corrected chi connectivity index (χ3v) is 6.76. The highest BCUT2D eigenvalue weighted by atomic mass is 32.1. The van der Waals surface area contributed by atoms with E-state index in [1.54, 1.807) is 0 Å². The topological polar surface area (TPSA) is 64.0 Å². The number of anilines is 1. The van der Waals surface area contributed by atoms with Gasteiger partial charge in [0.05, 0.1) is 11.7 Å². The van der Waals surface area contributed by atoms with Gasteiger partial charge in [0.15, 0.2) is 0 Å². The van der Waals surface area contributed by atoms with Crippen molar-refractivity contribution in [2.75, 3.05) is 5.32 Å². The average Bonchev–Trinajstić information content (AvgIpc) is 3.21. The quantitative estimate of drug-likeness (QED) is 0.367. The molecular formula is C27H29N3O2S. The Labute approximate surface area is 198 Å². The Morgan fingerprint density at radius 3 is 2.27 bits per heavy atom. The standard InChI is InChI=1S/C27H29N3O2S/c1-16(2)20-7-6-8-21(17(3)4)25(20)29-23(31)13-30-15-28-26-24(27(30)32)22(14-33-26)19-11-9-18(5)10-12-19/h6-12,14-17H,13H2,1-5H3,(H,29,31). The first-order chi connectivity index (χ1) is 15.8. The van der Waals surface area contributed by atoms with E-state index in [9.17, 15) is 9.59 Å². The molecule has 0 aliphatic carbocycles. The van der Waals surface area contributed by atoms with Crippen LogP contribution in [0.15, 0.2) is 59.0 Å². The molecule has 0 unspecified atom stereocenters. The molecule has 2 aromatic carbocycles. The van der Waals surface area contributed by atoms with Crippen LogP contribution in [0.25, 0.3) is 21.3 Å². The number of aryl methyl sites for hydroxylation is 1. The fourth-order valence-electron chi connectivity index (χ4n) is 4.05. The summed E-state index contributed by atoms with van der Waals surface area (Å²) < 4.78 is 1.40. The molecule has 1 N–H and O–H groups in total. The average molecular weight is 460 g/mol. The van der Waals surface area contributed by atoms with E-state index in [1.165, 1.54) is 22.2 Å². The minimum Gasteiger partial charge on any atom is -0.324 e. The second-order valence-electron chi connectivity index (χ2n) is 9.04. The molecule has 0 fully saturated rings. The summed E-state index contributed by atoms with van der Waals surface area (Å²) in [5.74, 6) is 0.297. The fourth-order valence-corrected chi connectivity index (χ4v) is 4.96. The third kappa shape index (κ3) is 4.62. The number of carbonyl (C=O) groups is 1. The van der Waals surface area contributed by atoms with Gasteiger partial charge >= 0.3 is 0 Å². The van der Waals surface area contributed by atoms with Gasteiger partial charge in [0.1, 0.15) is 11.4 Å². The normalized spacial score (nSPS) is 11.5. The molecule has 5 nitrogen and oxygen atoms in total. The highest BCUT2D eigenvalue weighted by Crippen LogP contribution is 2.33. The number of fused-ring (bicyclic) bond motifs is 1. The Balaban J connectivity index is 1.67. The Bertz CT molecular complexity index is 1340. The summed E-state index contributed by atoms with van der Waals surface area (Å²) >= 11 is 1.44. The lowest BCUT2D eigenvalue weighted by atomic mass is 9.92. The van der Waals surface area contributed by atoms with Crippen LogP contribution in [0.4, 0.5) is 5.69 Å². The van der Waals surface area contributed by atoms with E-state index in [4.69, 9.17) is 0 Å². The van der Waals surface area contributed by atoms with E-state index in [0.29, 0.717) is 10.2 Å². The molecule has 0 bridgehead atoms. The number of hydrogen-bond donors (Lipinski definition) is 1. The van der Waals surface area contributed by atoms with Crippen molar-refractivity contribution in [2.45, 2.75) is 53.0 Å². The summed E-state index contributed by atoms with van der Waals surface area (Å²) in [4.78, 5) is 31.5. The number of aromatic nitrogens is 2. The largest absolute Gasteiger partial charge is 0.324 e. The zero-order valence-electron chi connectivity index (χ0n) is 19.7. The van der Waals surface area contributed by atoms with E-state index in [0.717, 1.165) is 33.5 Å². The van der Waals surface area contributed by atoms with Crippen LogP contribution in [0.2, 0.25) is 0 Å². The lowest BCUT2D eigenvalue weighted by Gasteiger charge is -2.20. The minimum absolute atomic E-state index is 0.0884. The van der Waals surface area contributed by atoms with Crippen molar-refractivity contribution in [3.63, 3.8) is 0 Å². The van der Waals surface area contributed by atoms with Crippen molar-refractivity contribution in [3.05, 3.63) is 81.2 Å². The molecule has 0 saturated carbocycles. The van der Waals surface area contributed by atoms with Crippen LogP contribution < -0.4 is 10.9 Å². The second kappa shape index (κ2) is 9.32. The number of nitrogens with zero attached hydrogens (tertiary/aromatic N) is 2. The smallest absolute Gasteiger partial charge is 0.263 e. The SMILES string of the molecule is Cc1ccc(-c2csc3ncn(CC(=O)Nc4c(C(C)C)cccc4C(C)C)c(=O)c23)cc1. The van der Waals surface area contributed by atoms with Gasteiger partial charge in [-0.1, -0.05) is 75.7 Å². The van der Waals surface area contributed by atoms with Crippen LogP contribution in [0, 0.1) is 6.92 Å². The van der Waals surface area contributed by atoms with Crippen LogP contribution in [0.3, 0.4) is 0 Å². The maximum absolute atomic E-state index is 13.3. The van der Waals surface area contributed by atoms with Crippen molar-refractivity contribution in [1.82, 2.24) is 9.55 Å². The summed E-state index contributed by atoms with van der Waals surface area (Å²) in [7, 11) is 0. The number of para-hydroxylation sites is 1. The Kier molecular flexibility index (Phi) is 6.47. The molecule has 6 heteroatoms. The molecule has 0 aliphatic heterocycles. The van der Waals surface area contributed by atoms with Gasteiger partial charge in [-0.25, -0.2) is 4.98 Å². The number of rotatable bonds is 6. The molecule has 0 atom stereocenters. The van der Waals surface area contributed by atoms with Crippen LogP contribution >= 0.6 is 11.3 Å². The van der Waals surface area contributed by atoms with Gasteiger partial charge in [0.2, 0.25) is 5.91 Å². The highest BCUT2D eigenvalue weighted by molar-refractivity contribution is 7.17. The molecule has 0 spiro atoms. The Hall–Kier alpha value is -3.25. The van der Waals surface area contributed by atoms with E-state index in [2.05, 4.69) is 38.0 Å². The van der Waals surface area contributed by atoms with Gasteiger partial charge < -0.3 is 5.32 Å². The molecule has 4 aromatic rings. The molecule has 33 heavy (non-hydrogen) atoms. The summed E-state index contributed by atoms with van der Waals surface area (Å²) in [6.45, 7) is 10.4. The van der Waals surface area contributed by atoms with Crippen LogP contribution in [0.5, 0.6) is 0 Å². The maximum Gasteiger partial charge on any atom is 0.263 e. The van der Waals surface area contributed by atoms with Gasteiger partial charge in [-0.3, -0.25) is 14.2 Å². The zero-order valence-corrected chi connectivity index (χ0v) is 20.5. The first kappa shape index (κ1) is 22.9. The summed E-state index contributed by atoms with van der Waals surface area (Å²) in [6, 6.07) is 14.2. The fraction of sp³-hybridized carbons (Fsp3) is 0.296. The van der Waals surface area contributed by atoms with Gasteiger partial charge in [0.25, 0.3) is 5.56 Å². The molecular weight excluding hydrogens is 430 g/mol. The molecule has 170 valence electrons. The van der Waals surface area contributed by atoms with Gasteiger partial charge in [-0.15, -0.1) is 11.3 Å². The van der Waals surface area contributed by atoms with Gasteiger partial charge in [-0.2, -0.15) is 0 Å². The van der Waals surface area contributed by atoms with Crippen molar-refractivity contribution in [2.24, 2.45) is 0 Å². The lowest BCUT2D eigenvalue weighted by molar-refractivity contribution is -0.116. The molecule has 0 radical (unpaired) electrons. The number of hydrogen-bond acceptors (Lipinski definition) is 4.